The zero-order chi connectivity index (χ0) is 17.1. The van der Waals surface area contributed by atoms with Gasteiger partial charge in [-0.25, -0.2) is 4.39 Å². The maximum Gasteiger partial charge on any atom is 0.307 e. The van der Waals surface area contributed by atoms with Crippen LogP contribution < -0.4 is 5.73 Å². The lowest BCUT2D eigenvalue weighted by Gasteiger charge is -2.16. The predicted octanol–water partition coefficient (Wildman–Crippen LogP) is 4.67. The van der Waals surface area contributed by atoms with Gasteiger partial charge in [-0.15, -0.1) is 0 Å². The molecule has 0 spiro atoms. The van der Waals surface area contributed by atoms with Crippen LogP contribution in [0, 0.1) is 12.7 Å². The van der Waals surface area contributed by atoms with Crippen molar-refractivity contribution < 1.29 is 13.9 Å². The number of rotatable bonds is 4. The second kappa shape index (κ2) is 7.30. The molecule has 0 aliphatic heterocycles. The number of carbonyl (C=O) groups is 1. The summed E-state index contributed by atoms with van der Waals surface area (Å²) in [6.45, 7) is 1.62. The molecule has 0 aliphatic rings. The van der Waals surface area contributed by atoms with Crippen LogP contribution in [-0.4, -0.2) is 13.1 Å². The van der Waals surface area contributed by atoms with E-state index < -0.39 is 17.8 Å². The number of ether oxygens (including phenoxy) is 1. The van der Waals surface area contributed by atoms with Crippen LogP contribution >= 0.6 is 23.2 Å². The quantitative estimate of drug-likeness (QED) is 0.810. The normalized spacial score (nSPS) is 12.1. The van der Waals surface area contributed by atoms with Crippen LogP contribution in [0.25, 0.3) is 11.1 Å². The Labute approximate surface area is 144 Å². The highest BCUT2D eigenvalue weighted by molar-refractivity contribution is 6.39. The molecule has 0 bridgehead atoms. The number of halogens is 3. The molecule has 3 nitrogen and oxygen atoms in total. The largest absolute Gasteiger partial charge is 0.469 e. The predicted molar refractivity (Wildman–Crippen MR) is 90.2 cm³/mol. The van der Waals surface area contributed by atoms with E-state index in [2.05, 4.69) is 4.74 Å². The fourth-order valence-electron chi connectivity index (χ4n) is 2.36. The molecule has 23 heavy (non-hydrogen) atoms. The maximum atomic E-state index is 14.4. The maximum absolute atomic E-state index is 14.4. The molecule has 122 valence electrons. The number of carbonyl (C=O) groups excluding carboxylic acids is 1. The molecule has 0 aliphatic carbocycles. The van der Waals surface area contributed by atoms with Gasteiger partial charge in [-0.05, 0) is 42.3 Å². The van der Waals surface area contributed by atoms with Crippen molar-refractivity contribution in [2.45, 2.75) is 19.4 Å². The molecule has 1 unspecified atom stereocenters. The number of benzene rings is 2. The molecule has 0 saturated heterocycles. The van der Waals surface area contributed by atoms with E-state index in [9.17, 15) is 9.18 Å². The number of hydrogen-bond acceptors (Lipinski definition) is 3. The van der Waals surface area contributed by atoms with Gasteiger partial charge in [0.2, 0.25) is 0 Å². The van der Waals surface area contributed by atoms with E-state index in [0.29, 0.717) is 26.7 Å². The summed E-state index contributed by atoms with van der Waals surface area (Å²) in [5, 5.41) is 0.909. The van der Waals surface area contributed by atoms with Gasteiger partial charge in [0.1, 0.15) is 5.82 Å². The first-order valence-electron chi connectivity index (χ1n) is 6.92. The average molecular weight is 356 g/mol. The Hall–Kier alpha value is -1.62. The zero-order valence-electron chi connectivity index (χ0n) is 12.7. The summed E-state index contributed by atoms with van der Waals surface area (Å²) < 4.78 is 19.0. The highest BCUT2D eigenvalue weighted by Gasteiger charge is 2.20. The number of nitrogens with two attached hydrogens (primary N) is 1. The Bertz CT molecular complexity index is 729. The van der Waals surface area contributed by atoms with Crippen LogP contribution in [0.3, 0.4) is 0 Å². The SMILES string of the molecule is COC(=O)CC(N)c1cc(-c2c(Cl)cccc2Cl)cc(C)c1F. The third kappa shape index (κ3) is 3.83. The highest BCUT2D eigenvalue weighted by Crippen LogP contribution is 2.37. The molecule has 2 aromatic carbocycles. The molecule has 2 aromatic rings. The minimum atomic E-state index is -0.817. The average Bonchev–Trinajstić information content (AvgIpc) is 2.50. The van der Waals surface area contributed by atoms with E-state index in [1.165, 1.54) is 7.11 Å². The first-order chi connectivity index (χ1) is 10.8. The van der Waals surface area contributed by atoms with Crippen LogP contribution in [-0.2, 0) is 9.53 Å². The van der Waals surface area contributed by atoms with E-state index in [-0.39, 0.29) is 12.0 Å². The fraction of sp³-hybridized carbons (Fsp3) is 0.235. The Morgan fingerprint density at radius 3 is 2.48 bits per heavy atom. The van der Waals surface area contributed by atoms with E-state index in [4.69, 9.17) is 28.9 Å². The van der Waals surface area contributed by atoms with Gasteiger partial charge in [-0.2, -0.15) is 0 Å². The molecule has 0 radical (unpaired) electrons. The molecule has 0 saturated carbocycles. The third-order valence-corrected chi connectivity index (χ3v) is 4.18. The Balaban J connectivity index is 2.54. The Kier molecular flexibility index (Phi) is 5.63. The van der Waals surface area contributed by atoms with Gasteiger partial charge in [0.15, 0.2) is 0 Å². The van der Waals surface area contributed by atoms with E-state index in [0.717, 1.165) is 0 Å². The highest BCUT2D eigenvalue weighted by atomic mass is 35.5. The summed E-state index contributed by atoms with van der Waals surface area (Å²) >= 11 is 12.4. The second-order valence-electron chi connectivity index (χ2n) is 5.18. The second-order valence-corrected chi connectivity index (χ2v) is 5.99. The molecule has 2 N–H and O–H groups in total. The van der Waals surface area contributed by atoms with Crippen molar-refractivity contribution in [1.29, 1.82) is 0 Å². The molecular formula is C17H16Cl2FNO2. The van der Waals surface area contributed by atoms with E-state index in [1.807, 2.05) is 0 Å². The third-order valence-electron chi connectivity index (χ3n) is 3.55. The van der Waals surface area contributed by atoms with Crippen molar-refractivity contribution in [2.75, 3.05) is 7.11 Å². The van der Waals surface area contributed by atoms with Crippen molar-refractivity contribution in [3.63, 3.8) is 0 Å². The smallest absolute Gasteiger partial charge is 0.307 e. The summed E-state index contributed by atoms with van der Waals surface area (Å²) in [4.78, 5) is 11.4. The Morgan fingerprint density at radius 2 is 1.91 bits per heavy atom. The van der Waals surface area contributed by atoms with Gasteiger partial charge >= 0.3 is 5.97 Å². The van der Waals surface area contributed by atoms with E-state index >= 15 is 0 Å². The van der Waals surface area contributed by atoms with Crippen molar-refractivity contribution >= 4 is 29.2 Å². The molecular weight excluding hydrogens is 340 g/mol. The van der Waals surface area contributed by atoms with Gasteiger partial charge in [0, 0.05) is 27.2 Å². The molecule has 1 atom stereocenters. The van der Waals surface area contributed by atoms with Gasteiger partial charge in [-0.3, -0.25) is 4.79 Å². The number of esters is 1. The number of methoxy groups -OCH3 is 1. The molecule has 0 fully saturated rings. The van der Waals surface area contributed by atoms with Crippen molar-refractivity contribution in [2.24, 2.45) is 5.73 Å². The minimum Gasteiger partial charge on any atom is -0.469 e. The van der Waals surface area contributed by atoms with Crippen LogP contribution in [0.15, 0.2) is 30.3 Å². The van der Waals surface area contributed by atoms with Gasteiger partial charge in [-0.1, -0.05) is 29.3 Å². The minimum absolute atomic E-state index is 0.118. The summed E-state index contributed by atoms with van der Waals surface area (Å²) in [5.74, 6) is -0.955. The molecule has 6 heteroatoms. The van der Waals surface area contributed by atoms with Crippen LogP contribution in [0.5, 0.6) is 0 Å². The summed E-state index contributed by atoms with van der Waals surface area (Å²) in [6, 6.07) is 7.54. The van der Waals surface area contributed by atoms with Gasteiger partial charge in [0.05, 0.1) is 13.5 Å². The van der Waals surface area contributed by atoms with Crippen LogP contribution in [0.2, 0.25) is 10.0 Å². The van der Waals surface area contributed by atoms with E-state index in [1.54, 1.807) is 37.3 Å². The first-order valence-corrected chi connectivity index (χ1v) is 7.67. The molecule has 0 heterocycles. The van der Waals surface area contributed by atoms with Gasteiger partial charge < -0.3 is 10.5 Å². The Morgan fingerprint density at radius 1 is 1.30 bits per heavy atom. The monoisotopic (exact) mass is 355 g/mol. The molecule has 2 rings (SSSR count). The zero-order valence-corrected chi connectivity index (χ0v) is 14.2. The summed E-state index contributed by atoms with van der Waals surface area (Å²) in [5.41, 5.74) is 7.83. The first kappa shape index (κ1) is 17.7. The van der Waals surface area contributed by atoms with Gasteiger partial charge in [0.25, 0.3) is 0 Å². The fourth-order valence-corrected chi connectivity index (χ4v) is 2.97. The summed E-state index contributed by atoms with van der Waals surface area (Å²) in [7, 11) is 1.26. The molecule has 0 amide bonds. The summed E-state index contributed by atoms with van der Waals surface area (Å²) in [6.07, 6.45) is -0.118. The number of hydrogen-bond donors (Lipinski definition) is 1. The lowest BCUT2D eigenvalue weighted by Crippen LogP contribution is -2.18. The standard InChI is InChI=1S/C17H16Cl2FNO2/c1-9-6-10(16-12(18)4-3-5-13(16)19)7-11(17(9)20)14(21)8-15(22)23-2/h3-7,14H,8,21H2,1-2H3. The van der Waals surface area contributed by atoms with Crippen molar-refractivity contribution in [3.8, 4) is 11.1 Å². The topological polar surface area (TPSA) is 52.3 Å². The molecule has 0 aromatic heterocycles. The number of aryl methyl sites for hydroxylation is 1. The van der Waals surface area contributed by atoms with Crippen LogP contribution in [0.4, 0.5) is 4.39 Å². The lowest BCUT2D eigenvalue weighted by atomic mass is 9.95. The van der Waals surface area contributed by atoms with Crippen LogP contribution in [0.1, 0.15) is 23.6 Å². The lowest BCUT2D eigenvalue weighted by molar-refractivity contribution is -0.141. The van der Waals surface area contributed by atoms with Crippen molar-refractivity contribution in [3.05, 3.63) is 57.3 Å². The van der Waals surface area contributed by atoms with Crippen molar-refractivity contribution in [1.82, 2.24) is 0 Å².